The van der Waals surface area contributed by atoms with Gasteiger partial charge in [0.25, 0.3) is 5.56 Å². The Morgan fingerprint density at radius 3 is 2.23 bits per heavy atom. The smallest absolute Gasteiger partial charge is 0.357 e. The van der Waals surface area contributed by atoms with Crippen molar-refractivity contribution in [2.45, 2.75) is 0 Å². The van der Waals surface area contributed by atoms with Crippen LogP contribution in [0.3, 0.4) is 0 Å². The summed E-state index contributed by atoms with van der Waals surface area (Å²) >= 11 is 0. The number of carboxylic acid groups (broad SMARTS) is 1. The van der Waals surface area contributed by atoms with Crippen molar-refractivity contribution in [2.24, 2.45) is 0 Å². The molecule has 0 amide bonds. The van der Waals surface area contributed by atoms with E-state index in [-0.39, 0.29) is 16.8 Å². The van der Waals surface area contributed by atoms with E-state index in [0.717, 1.165) is 10.2 Å². The predicted octanol–water partition coefficient (Wildman–Crippen LogP) is 2.97. The van der Waals surface area contributed by atoms with Crippen LogP contribution < -0.4 is 5.56 Å². The molecule has 0 bridgehead atoms. The molecule has 0 aliphatic rings. The van der Waals surface area contributed by atoms with Gasteiger partial charge in [-0.1, -0.05) is 60.7 Å². The highest BCUT2D eigenvalue weighted by Crippen LogP contribution is 2.15. The molecule has 1 N–H and O–H groups in total. The molecule has 0 saturated heterocycles. The van der Waals surface area contributed by atoms with Gasteiger partial charge in [0, 0.05) is 5.56 Å². The summed E-state index contributed by atoms with van der Waals surface area (Å²) in [5, 5.41) is 22.9. The Hall–Kier alpha value is -3.98. The lowest BCUT2D eigenvalue weighted by Crippen LogP contribution is -2.28. The Labute approximate surface area is 148 Å². The maximum Gasteiger partial charge on any atom is 0.357 e. The van der Waals surface area contributed by atoms with Crippen molar-refractivity contribution in [3.05, 3.63) is 93.4 Å². The summed E-state index contributed by atoms with van der Waals surface area (Å²) in [6.07, 6.45) is 3.07. The van der Waals surface area contributed by atoms with Gasteiger partial charge in [0.2, 0.25) is 0 Å². The van der Waals surface area contributed by atoms with Crippen LogP contribution >= 0.6 is 0 Å². The van der Waals surface area contributed by atoms with E-state index in [1.165, 1.54) is 6.08 Å². The second-order valence-corrected chi connectivity index (χ2v) is 5.35. The van der Waals surface area contributed by atoms with Crippen molar-refractivity contribution < 1.29 is 9.90 Å². The molecule has 6 heteroatoms. The maximum absolute atomic E-state index is 12.7. The molecule has 26 heavy (non-hydrogen) atoms. The minimum atomic E-state index is -1.32. The molecule has 2 aromatic carbocycles. The quantitative estimate of drug-likeness (QED) is 0.785. The van der Waals surface area contributed by atoms with Crippen molar-refractivity contribution >= 4 is 18.1 Å². The summed E-state index contributed by atoms with van der Waals surface area (Å²) in [7, 11) is 0. The first kappa shape index (κ1) is 16.9. The molecule has 0 fully saturated rings. The number of hydrogen-bond acceptors (Lipinski definition) is 4. The van der Waals surface area contributed by atoms with Crippen LogP contribution in [0.1, 0.15) is 27.2 Å². The summed E-state index contributed by atoms with van der Waals surface area (Å²) in [5.41, 5.74) is -0.127. The number of carbonyl (C=O) groups is 1. The van der Waals surface area contributed by atoms with E-state index in [4.69, 9.17) is 0 Å². The number of rotatable bonds is 4. The number of hydrogen-bond donors (Lipinski definition) is 1. The Kier molecular flexibility index (Phi) is 4.72. The standard InChI is InChI=1S/C20H13N3O3/c21-13-17-16(12-11-14-7-3-1-4-8-14)18(20(25)26)22-23(19(17)24)15-9-5-2-6-10-15/h1-12H,(H,25,26)/b12-11+. The van der Waals surface area contributed by atoms with Crippen LogP contribution in [-0.2, 0) is 0 Å². The number of aromatic nitrogens is 2. The van der Waals surface area contributed by atoms with Crippen LogP contribution in [0.15, 0.2) is 65.5 Å². The minimum Gasteiger partial charge on any atom is -0.476 e. The van der Waals surface area contributed by atoms with Crippen LogP contribution in [-0.4, -0.2) is 20.9 Å². The molecule has 0 unspecified atom stereocenters. The van der Waals surface area contributed by atoms with Gasteiger partial charge in [-0.25, -0.2) is 4.79 Å². The fourth-order valence-electron chi connectivity index (χ4n) is 2.45. The van der Waals surface area contributed by atoms with Gasteiger partial charge in [-0.3, -0.25) is 4.79 Å². The zero-order valence-corrected chi connectivity index (χ0v) is 13.5. The second kappa shape index (κ2) is 7.28. The highest BCUT2D eigenvalue weighted by molar-refractivity contribution is 5.92. The maximum atomic E-state index is 12.7. The van der Waals surface area contributed by atoms with Crippen LogP contribution in [0.2, 0.25) is 0 Å². The third-order valence-corrected chi connectivity index (χ3v) is 3.69. The second-order valence-electron chi connectivity index (χ2n) is 5.35. The first-order chi connectivity index (χ1) is 12.6. The number of aromatic carboxylic acids is 1. The third-order valence-electron chi connectivity index (χ3n) is 3.69. The van der Waals surface area contributed by atoms with E-state index in [1.807, 2.05) is 36.4 Å². The molecule has 0 aliphatic carbocycles. The average Bonchev–Trinajstić information content (AvgIpc) is 2.67. The zero-order chi connectivity index (χ0) is 18.5. The highest BCUT2D eigenvalue weighted by Gasteiger charge is 2.20. The monoisotopic (exact) mass is 343 g/mol. The molecule has 3 aromatic rings. The van der Waals surface area contributed by atoms with Crippen LogP contribution in [0, 0.1) is 11.3 Å². The van der Waals surface area contributed by atoms with Gasteiger partial charge in [-0.2, -0.15) is 15.0 Å². The van der Waals surface area contributed by atoms with Crippen LogP contribution in [0.4, 0.5) is 0 Å². The van der Waals surface area contributed by atoms with Gasteiger partial charge in [0.05, 0.1) is 5.69 Å². The number of para-hydroxylation sites is 1. The molecular formula is C20H13N3O3. The number of nitrogens with zero attached hydrogens (tertiary/aromatic N) is 3. The average molecular weight is 343 g/mol. The third kappa shape index (κ3) is 3.28. The van der Waals surface area contributed by atoms with Gasteiger partial charge in [-0.05, 0) is 17.7 Å². The van der Waals surface area contributed by atoms with Gasteiger partial charge in [0.1, 0.15) is 11.6 Å². The normalized spacial score (nSPS) is 10.6. The van der Waals surface area contributed by atoms with Crippen LogP contribution in [0.5, 0.6) is 0 Å². The Balaban J connectivity index is 2.23. The largest absolute Gasteiger partial charge is 0.476 e. The zero-order valence-electron chi connectivity index (χ0n) is 13.5. The van der Waals surface area contributed by atoms with E-state index >= 15 is 0 Å². The van der Waals surface area contributed by atoms with E-state index in [2.05, 4.69) is 5.10 Å². The highest BCUT2D eigenvalue weighted by atomic mass is 16.4. The van der Waals surface area contributed by atoms with Gasteiger partial charge < -0.3 is 5.11 Å². The Bertz CT molecular complexity index is 1080. The van der Waals surface area contributed by atoms with E-state index in [9.17, 15) is 20.0 Å². The summed E-state index contributed by atoms with van der Waals surface area (Å²) < 4.78 is 0.932. The lowest BCUT2D eigenvalue weighted by molar-refractivity contribution is 0.0688. The molecule has 0 aliphatic heterocycles. The van der Waals surface area contributed by atoms with Crippen molar-refractivity contribution in [1.82, 2.24) is 9.78 Å². The van der Waals surface area contributed by atoms with Crippen molar-refractivity contribution in [3.63, 3.8) is 0 Å². The molecular weight excluding hydrogens is 330 g/mol. The van der Waals surface area contributed by atoms with E-state index in [0.29, 0.717) is 5.69 Å². The summed E-state index contributed by atoms with van der Waals surface area (Å²) in [5.74, 6) is -1.32. The fourth-order valence-corrected chi connectivity index (χ4v) is 2.45. The molecule has 3 rings (SSSR count). The van der Waals surface area contributed by atoms with Gasteiger partial charge >= 0.3 is 5.97 Å². The number of nitriles is 1. The van der Waals surface area contributed by atoms with E-state index in [1.54, 1.807) is 36.4 Å². The first-order valence-corrected chi connectivity index (χ1v) is 7.71. The van der Waals surface area contributed by atoms with E-state index < -0.39 is 11.5 Å². The van der Waals surface area contributed by atoms with Gasteiger partial charge in [0.15, 0.2) is 5.69 Å². The van der Waals surface area contributed by atoms with Gasteiger partial charge in [-0.15, -0.1) is 0 Å². The molecule has 0 radical (unpaired) electrons. The van der Waals surface area contributed by atoms with Crippen molar-refractivity contribution in [1.29, 1.82) is 5.26 Å². The summed E-state index contributed by atoms with van der Waals surface area (Å²) in [6.45, 7) is 0. The number of benzene rings is 2. The molecule has 0 atom stereocenters. The SMILES string of the molecule is N#Cc1c(/C=C/c2ccccc2)c(C(=O)O)nn(-c2ccccc2)c1=O. The predicted molar refractivity (Wildman–Crippen MR) is 96.9 cm³/mol. The molecule has 1 aromatic heterocycles. The first-order valence-electron chi connectivity index (χ1n) is 7.71. The summed E-state index contributed by atoms with van der Waals surface area (Å²) in [6, 6.07) is 19.3. The lowest BCUT2D eigenvalue weighted by atomic mass is 10.1. The fraction of sp³-hybridized carbons (Fsp3) is 0. The molecule has 1 heterocycles. The Morgan fingerprint density at radius 2 is 1.65 bits per heavy atom. The van der Waals surface area contributed by atoms with Crippen molar-refractivity contribution in [3.8, 4) is 11.8 Å². The van der Waals surface area contributed by atoms with Crippen LogP contribution in [0.25, 0.3) is 17.8 Å². The molecule has 0 spiro atoms. The minimum absolute atomic E-state index is 0.0129. The lowest BCUT2D eigenvalue weighted by Gasteiger charge is -2.09. The molecule has 6 nitrogen and oxygen atoms in total. The topological polar surface area (TPSA) is 96.0 Å². The van der Waals surface area contributed by atoms with Crippen molar-refractivity contribution in [2.75, 3.05) is 0 Å². The molecule has 126 valence electrons. The number of carboxylic acids is 1. The molecule has 0 saturated carbocycles. The summed E-state index contributed by atoms with van der Waals surface area (Å²) in [4.78, 5) is 24.3. The Morgan fingerprint density at radius 1 is 1.04 bits per heavy atom.